The summed E-state index contributed by atoms with van der Waals surface area (Å²) >= 11 is 0. The van der Waals surface area contributed by atoms with Crippen LogP contribution >= 0.6 is 0 Å². The molecular weight excluding hydrogens is 286 g/mol. The summed E-state index contributed by atoms with van der Waals surface area (Å²) in [6.45, 7) is 2.00. The van der Waals surface area contributed by atoms with Gasteiger partial charge in [-0.15, -0.1) is 0 Å². The van der Waals surface area contributed by atoms with Gasteiger partial charge in [-0.3, -0.25) is 5.10 Å². The van der Waals surface area contributed by atoms with Gasteiger partial charge in [-0.2, -0.15) is 10.4 Å². The number of nitrogens with one attached hydrogen (secondary N) is 3. The van der Waals surface area contributed by atoms with Crippen molar-refractivity contribution in [2.75, 3.05) is 18.4 Å². The van der Waals surface area contributed by atoms with Crippen LogP contribution in [0.1, 0.15) is 29.9 Å². The Morgan fingerprint density at radius 1 is 1.13 bits per heavy atom. The smallest absolute Gasteiger partial charge is 0.129 e. The highest BCUT2D eigenvalue weighted by atomic mass is 15.2. The van der Waals surface area contributed by atoms with Crippen LogP contribution in [0.15, 0.2) is 47.8 Å². The summed E-state index contributed by atoms with van der Waals surface area (Å²) in [6.07, 6.45) is 3.94. The Balaban J connectivity index is 1.84. The van der Waals surface area contributed by atoms with Crippen molar-refractivity contribution in [1.29, 1.82) is 5.26 Å². The van der Waals surface area contributed by atoms with E-state index < -0.39 is 0 Å². The SMILES string of the molecule is N#CC1=C(C2CCNCC2)Nc2[nH]ncc2C1c1ccccc1. The van der Waals surface area contributed by atoms with Gasteiger partial charge in [-0.1, -0.05) is 30.3 Å². The first kappa shape index (κ1) is 14.0. The van der Waals surface area contributed by atoms with Crippen molar-refractivity contribution in [3.05, 3.63) is 58.9 Å². The van der Waals surface area contributed by atoms with Crippen molar-refractivity contribution < 1.29 is 0 Å². The van der Waals surface area contributed by atoms with Gasteiger partial charge < -0.3 is 10.6 Å². The number of nitrogens with zero attached hydrogens (tertiary/aromatic N) is 2. The maximum Gasteiger partial charge on any atom is 0.129 e. The van der Waals surface area contributed by atoms with E-state index in [1.165, 1.54) is 0 Å². The molecule has 5 nitrogen and oxygen atoms in total. The van der Waals surface area contributed by atoms with Crippen molar-refractivity contribution in [3.63, 3.8) is 0 Å². The van der Waals surface area contributed by atoms with Crippen molar-refractivity contribution in [2.24, 2.45) is 5.92 Å². The third kappa shape index (κ3) is 2.41. The first-order chi connectivity index (χ1) is 11.4. The first-order valence-corrected chi connectivity index (χ1v) is 8.08. The van der Waals surface area contributed by atoms with Crippen LogP contribution in [0, 0.1) is 17.2 Å². The van der Waals surface area contributed by atoms with Crippen molar-refractivity contribution in [1.82, 2.24) is 15.5 Å². The molecule has 0 spiro atoms. The van der Waals surface area contributed by atoms with Crippen LogP contribution in [0.4, 0.5) is 5.82 Å². The molecule has 1 aromatic carbocycles. The molecule has 0 aliphatic carbocycles. The number of hydrogen-bond acceptors (Lipinski definition) is 4. The topological polar surface area (TPSA) is 76.5 Å². The number of allylic oxidation sites excluding steroid dienone is 2. The second kappa shape index (κ2) is 5.90. The number of nitriles is 1. The van der Waals surface area contributed by atoms with E-state index in [1.54, 1.807) is 0 Å². The van der Waals surface area contributed by atoms with Crippen LogP contribution in [-0.4, -0.2) is 23.3 Å². The molecule has 0 saturated carbocycles. The predicted molar refractivity (Wildman–Crippen MR) is 88.7 cm³/mol. The van der Waals surface area contributed by atoms with Gasteiger partial charge in [0.05, 0.1) is 23.8 Å². The molecule has 5 heteroatoms. The van der Waals surface area contributed by atoms with Crippen molar-refractivity contribution in [2.45, 2.75) is 18.8 Å². The Morgan fingerprint density at radius 2 is 1.91 bits per heavy atom. The average molecular weight is 305 g/mol. The van der Waals surface area contributed by atoms with Crippen LogP contribution < -0.4 is 10.6 Å². The lowest BCUT2D eigenvalue weighted by Crippen LogP contribution is -2.32. The number of benzene rings is 1. The molecule has 4 rings (SSSR count). The zero-order chi connectivity index (χ0) is 15.6. The quantitative estimate of drug-likeness (QED) is 0.797. The van der Waals surface area contributed by atoms with E-state index in [2.05, 4.69) is 39.0 Å². The summed E-state index contributed by atoms with van der Waals surface area (Å²) in [5, 5.41) is 24.0. The normalized spacial score (nSPS) is 21.4. The number of aromatic amines is 1. The Morgan fingerprint density at radius 3 is 2.65 bits per heavy atom. The molecule has 1 aromatic heterocycles. The second-order valence-corrected chi connectivity index (χ2v) is 6.13. The number of H-pyrrole nitrogens is 1. The summed E-state index contributed by atoms with van der Waals surface area (Å²) < 4.78 is 0. The lowest BCUT2D eigenvalue weighted by atomic mass is 9.79. The number of fused-ring (bicyclic) bond motifs is 1. The number of piperidine rings is 1. The van der Waals surface area contributed by atoms with E-state index in [9.17, 15) is 5.26 Å². The molecule has 3 heterocycles. The molecule has 1 fully saturated rings. The molecular formula is C18H19N5. The molecule has 23 heavy (non-hydrogen) atoms. The predicted octanol–water partition coefficient (Wildman–Crippen LogP) is 2.74. The lowest BCUT2D eigenvalue weighted by Gasteiger charge is -2.32. The fourth-order valence-electron chi connectivity index (χ4n) is 3.68. The Kier molecular flexibility index (Phi) is 3.60. The average Bonchev–Trinajstić information content (AvgIpc) is 3.09. The van der Waals surface area contributed by atoms with Gasteiger partial charge in [0.2, 0.25) is 0 Å². The lowest BCUT2D eigenvalue weighted by molar-refractivity contribution is 0.418. The van der Waals surface area contributed by atoms with Gasteiger partial charge in [0, 0.05) is 17.2 Å². The molecule has 1 atom stereocenters. The van der Waals surface area contributed by atoms with Crippen LogP contribution in [0.2, 0.25) is 0 Å². The van der Waals surface area contributed by atoms with Gasteiger partial charge >= 0.3 is 0 Å². The molecule has 2 aliphatic heterocycles. The highest BCUT2D eigenvalue weighted by Crippen LogP contribution is 2.43. The number of anilines is 1. The summed E-state index contributed by atoms with van der Waals surface area (Å²) in [4.78, 5) is 0. The van der Waals surface area contributed by atoms with Crippen molar-refractivity contribution in [3.8, 4) is 6.07 Å². The third-order valence-electron chi connectivity index (χ3n) is 4.82. The maximum absolute atomic E-state index is 9.89. The van der Waals surface area contributed by atoms with Gasteiger partial charge in [-0.25, -0.2) is 0 Å². The van der Waals surface area contributed by atoms with E-state index >= 15 is 0 Å². The zero-order valence-electron chi connectivity index (χ0n) is 12.8. The van der Waals surface area contributed by atoms with Gasteiger partial charge in [0.1, 0.15) is 5.82 Å². The van der Waals surface area contributed by atoms with Gasteiger partial charge in [-0.05, 0) is 31.5 Å². The summed E-state index contributed by atoms with van der Waals surface area (Å²) in [7, 11) is 0. The fourth-order valence-corrected chi connectivity index (χ4v) is 3.68. The van der Waals surface area contributed by atoms with Crippen LogP contribution in [0.3, 0.4) is 0 Å². The molecule has 116 valence electrons. The minimum atomic E-state index is -0.0407. The Bertz CT molecular complexity index is 762. The molecule has 0 amide bonds. The number of aromatic nitrogens is 2. The molecule has 1 saturated heterocycles. The summed E-state index contributed by atoms with van der Waals surface area (Å²) in [5.74, 6) is 1.28. The minimum Gasteiger partial charge on any atom is -0.343 e. The van der Waals surface area contributed by atoms with Crippen LogP contribution in [-0.2, 0) is 0 Å². The van der Waals surface area contributed by atoms with Gasteiger partial charge in [0.15, 0.2) is 0 Å². The van der Waals surface area contributed by atoms with E-state index in [4.69, 9.17) is 0 Å². The first-order valence-electron chi connectivity index (χ1n) is 8.08. The van der Waals surface area contributed by atoms with E-state index in [-0.39, 0.29) is 5.92 Å². The van der Waals surface area contributed by atoms with Gasteiger partial charge in [0.25, 0.3) is 0 Å². The largest absolute Gasteiger partial charge is 0.343 e. The molecule has 2 aromatic rings. The minimum absolute atomic E-state index is 0.0407. The fraction of sp³-hybridized carbons (Fsp3) is 0.333. The maximum atomic E-state index is 9.89. The summed E-state index contributed by atoms with van der Waals surface area (Å²) in [5.41, 5.74) is 4.08. The van der Waals surface area contributed by atoms with E-state index in [1.807, 2.05) is 24.4 Å². The highest BCUT2D eigenvalue weighted by molar-refractivity contribution is 5.64. The number of rotatable bonds is 2. The second-order valence-electron chi connectivity index (χ2n) is 6.13. The van der Waals surface area contributed by atoms with E-state index in [0.717, 1.165) is 54.1 Å². The molecule has 1 unspecified atom stereocenters. The van der Waals surface area contributed by atoms with E-state index in [0.29, 0.717) is 5.92 Å². The van der Waals surface area contributed by atoms with Crippen LogP contribution in [0.5, 0.6) is 0 Å². The monoisotopic (exact) mass is 305 g/mol. The zero-order valence-corrected chi connectivity index (χ0v) is 12.8. The Labute approximate surface area is 135 Å². The third-order valence-corrected chi connectivity index (χ3v) is 4.82. The van der Waals surface area contributed by atoms with Crippen molar-refractivity contribution >= 4 is 5.82 Å². The molecule has 2 aliphatic rings. The molecule has 0 radical (unpaired) electrons. The standard InChI is InChI=1S/C18H19N5/c19-10-14-16(12-4-2-1-3-5-12)15-11-21-23-18(15)22-17(14)13-6-8-20-9-7-13/h1-5,11,13,16,20H,6-9H2,(H2,21,22,23). The summed E-state index contributed by atoms with van der Waals surface area (Å²) in [6, 6.07) is 12.7. The van der Waals surface area contributed by atoms with Crippen LogP contribution in [0.25, 0.3) is 0 Å². The Hall–Kier alpha value is -2.58. The highest BCUT2D eigenvalue weighted by Gasteiger charge is 2.34. The number of hydrogen-bond donors (Lipinski definition) is 3. The molecule has 3 N–H and O–H groups in total. The molecule has 0 bridgehead atoms.